The van der Waals surface area contributed by atoms with Crippen LogP contribution in [0.1, 0.15) is 26.3 Å². The molecule has 0 aliphatic rings. The highest BCUT2D eigenvalue weighted by Gasteiger charge is 1.99. The number of allylic oxidation sites excluding steroid dienone is 1. The Labute approximate surface area is 106 Å². The van der Waals surface area contributed by atoms with Crippen molar-refractivity contribution in [3.63, 3.8) is 0 Å². The fourth-order valence-corrected chi connectivity index (χ4v) is 1.56. The van der Waals surface area contributed by atoms with E-state index in [2.05, 4.69) is 5.48 Å². The summed E-state index contributed by atoms with van der Waals surface area (Å²) in [7, 11) is 0. The van der Waals surface area contributed by atoms with Gasteiger partial charge in [0, 0.05) is 15.7 Å². The molecule has 4 heteroatoms. The van der Waals surface area contributed by atoms with Crippen molar-refractivity contribution in [1.82, 2.24) is 5.48 Å². The lowest BCUT2D eigenvalue weighted by Crippen LogP contribution is -2.17. The highest BCUT2D eigenvalue weighted by Crippen LogP contribution is 2.22. The number of nitrogens with one attached hydrogen (secondary N) is 1. The van der Waals surface area contributed by atoms with Gasteiger partial charge in [0.2, 0.25) is 0 Å². The van der Waals surface area contributed by atoms with Crippen molar-refractivity contribution in [2.24, 2.45) is 0 Å². The molecule has 0 aromatic heterocycles. The molecule has 1 N–H and O–H groups in total. The van der Waals surface area contributed by atoms with Crippen molar-refractivity contribution >= 4 is 29.3 Å². The van der Waals surface area contributed by atoms with E-state index in [-0.39, 0.29) is 6.10 Å². The van der Waals surface area contributed by atoms with Crippen LogP contribution in [0.25, 0.3) is 6.08 Å². The monoisotopic (exact) mass is 259 g/mol. The molecule has 0 fully saturated rings. The molecule has 0 saturated carbocycles. The zero-order valence-electron chi connectivity index (χ0n) is 9.55. The first-order valence-corrected chi connectivity index (χ1v) is 5.79. The fraction of sp³-hybridized carbons (Fsp3) is 0.333. The Morgan fingerprint density at radius 1 is 1.38 bits per heavy atom. The summed E-state index contributed by atoms with van der Waals surface area (Å²) in [6.45, 7) is 5.82. The van der Waals surface area contributed by atoms with Crippen LogP contribution in [0.3, 0.4) is 0 Å². The molecule has 0 aliphatic carbocycles. The van der Waals surface area contributed by atoms with Crippen molar-refractivity contribution in [1.29, 1.82) is 0 Å². The molecule has 0 atom stereocenters. The average molecular weight is 260 g/mol. The number of hydroxylamine groups is 1. The van der Waals surface area contributed by atoms with Crippen molar-refractivity contribution in [2.45, 2.75) is 26.9 Å². The summed E-state index contributed by atoms with van der Waals surface area (Å²) in [6.07, 6.45) is 2.03. The van der Waals surface area contributed by atoms with E-state index in [9.17, 15) is 0 Å². The second-order valence-corrected chi connectivity index (χ2v) is 4.61. The van der Waals surface area contributed by atoms with E-state index in [1.54, 1.807) is 12.1 Å². The highest BCUT2D eigenvalue weighted by atomic mass is 35.5. The Morgan fingerprint density at radius 2 is 2.06 bits per heavy atom. The summed E-state index contributed by atoms with van der Waals surface area (Å²) >= 11 is 11.8. The van der Waals surface area contributed by atoms with Crippen molar-refractivity contribution < 1.29 is 4.84 Å². The average Bonchev–Trinajstić information content (AvgIpc) is 2.19. The van der Waals surface area contributed by atoms with Gasteiger partial charge < -0.3 is 0 Å². The fourth-order valence-electron chi connectivity index (χ4n) is 1.09. The summed E-state index contributed by atoms with van der Waals surface area (Å²) in [4.78, 5) is 5.25. The van der Waals surface area contributed by atoms with Gasteiger partial charge in [0.25, 0.3) is 0 Å². The molecule has 1 aromatic rings. The number of hydrogen-bond acceptors (Lipinski definition) is 2. The van der Waals surface area contributed by atoms with E-state index >= 15 is 0 Å². The normalized spacial score (nSPS) is 12.0. The quantitative estimate of drug-likeness (QED) is 0.815. The predicted molar refractivity (Wildman–Crippen MR) is 69.5 cm³/mol. The van der Waals surface area contributed by atoms with Gasteiger partial charge in [-0.15, -0.1) is 0 Å². The summed E-state index contributed by atoms with van der Waals surface area (Å²) in [5, 5.41) is 1.25. The lowest BCUT2D eigenvalue weighted by atomic mass is 10.2. The van der Waals surface area contributed by atoms with Gasteiger partial charge in [-0.05, 0) is 44.5 Å². The summed E-state index contributed by atoms with van der Waals surface area (Å²) in [6, 6.07) is 5.38. The third-order valence-corrected chi connectivity index (χ3v) is 2.35. The van der Waals surface area contributed by atoms with Crippen molar-refractivity contribution in [3.8, 4) is 0 Å². The van der Waals surface area contributed by atoms with Crippen LogP contribution in [0.2, 0.25) is 10.0 Å². The van der Waals surface area contributed by atoms with Crippen molar-refractivity contribution in [2.75, 3.05) is 0 Å². The van der Waals surface area contributed by atoms with Crippen LogP contribution in [0.15, 0.2) is 23.9 Å². The summed E-state index contributed by atoms with van der Waals surface area (Å²) in [5.41, 5.74) is 4.63. The smallest absolute Gasteiger partial charge is 0.0797 e. The molecular weight excluding hydrogens is 245 g/mol. The predicted octanol–water partition coefficient (Wildman–Crippen LogP) is 4.28. The molecule has 0 amide bonds. The van der Waals surface area contributed by atoms with E-state index in [1.807, 2.05) is 32.9 Å². The summed E-state index contributed by atoms with van der Waals surface area (Å²) < 4.78 is 0. The van der Waals surface area contributed by atoms with Gasteiger partial charge >= 0.3 is 0 Å². The van der Waals surface area contributed by atoms with Crippen LogP contribution in [0.4, 0.5) is 0 Å². The van der Waals surface area contributed by atoms with Gasteiger partial charge in [-0.3, -0.25) is 10.3 Å². The second kappa shape index (κ2) is 6.14. The maximum atomic E-state index is 6.04. The van der Waals surface area contributed by atoms with E-state index in [0.29, 0.717) is 10.0 Å². The van der Waals surface area contributed by atoms with Crippen LogP contribution in [0.5, 0.6) is 0 Å². The minimum atomic E-state index is 0.129. The van der Waals surface area contributed by atoms with Gasteiger partial charge in [0.1, 0.15) is 0 Å². The number of halogens is 2. The summed E-state index contributed by atoms with van der Waals surface area (Å²) in [5.74, 6) is 0. The van der Waals surface area contributed by atoms with E-state index in [1.165, 1.54) is 0 Å². The molecule has 16 heavy (non-hydrogen) atoms. The highest BCUT2D eigenvalue weighted by molar-refractivity contribution is 6.35. The molecular formula is C12H15Cl2NO. The van der Waals surface area contributed by atoms with E-state index < -0.39 is 0 Å². The zero-order valence-corrected chi connectivity index (χ0v) is 11.1. The maximum Gasteiger partial charge on any atom is 0.0797 e. The Kier molecular flexibility index (Phi) is 5.13. The third-order valence-electron chi connectivity index (χ3n) is 1.79. The SMILES string of the molecule is CC(=Cc1ccc(Cl)cc1Cl)NOC(C)C. The Morgan fingerprint density at radius 3 is 2.62 bits per heavy atom. The minimum Gasteiger partial charge on any atom is -0.274 e. The second-order valence-electron chi connectivity index (χ2n) is 3.76. The van der Waals surface area contributed by atoms with Gasteiger partial charge in [0.15, 0.2) is 0 Å². The lowest BCUT2D eigenvalue weighted by molar-refractivity contribution is 0.0146. The van der Waals surface area contributed by atoms with Gasteiger partial charge in [-0.1, -0.05) is 29.3 Å². The first-order valence-electron chi connectivity index (χ1n) is 5.04. The zero-order chi connectivity index (χ0) is 12.1. The maximum absolute atomic E-state index is 6.04. The topological polar surface area (TPSA) is 21.3 Å². The molecule has 0 saturated heterocycles. The third kappa shape index (κ3) is 4.44. The number of benzene rings is 1. The molecule has 1 rings (SSSR count). The molecule has 0 radical (unpaired) electrons. The first kappa shape index (κ1) is 13.4. The first-order chi connectivity index (χ1) is 7.49. The van der Waals surface area contributed by atoms with Gasteiger partial charge in [-0.25, -0.2) is 0 Å². The molecule has 0 spiro atoms. The van der Waals surface area contributed by atoms with Crippen LogP contribution >= 0.6 is 23.2 Å². The number of rotatable bonds is 4. The molecule has 1 aromatic carbocycles. The molecule has 0 aliphatic heterocycles. The largest absolute Gasteiger partial charge is 0.274 e. The van der Waals surface area contributed by atoms with Crippen molar-refractivity contribution in [3.05, 3.63) is 39.5 Å². The number of hydrogen-bond donors (Lipinski definition) is 1. The molecule has 0 unspecified atom stereocenters. The van der Waals surface area contributed by atoms with E-state index in [4.69, 9.17) is 28.0 Å². The van der Waals surface area contributed by atoms with Crippen LogP contribution in [0, 0.1) is 0 Å². The molecule has 0 bridgehead atoms. The molecule has 88 valence electrons. The van der Waals surface area contributed by atoms with Gasteiger partial charge in [0.05, 0.1) is 6.10 Å². The Hall–Kier alpha value is -0.700. The standard InChI is InChI=1S/C12H15Cl2NO/c1-8(2)16-15-9(3)6-10-4-5-11(13)7-12(10)14/h4-8,15H,1-3H3. The molecule has 2 nitrogen and oxygen atoms in total. The van der Waals surface area contributed by atoms with E-state index in [0.717, 1.165) is 11.3 Å². The Balaban J connectivity index is 2.74. The van der Waals surface area contributed by atoms with Gasteiger partial charge in [-0.2, -0.15) is 0 Å². The van der Waals surface area contributed by atoms with Crippen LogP contribution < -0.4 is 5.48 Å². The minimum absolute atomic E-state index is 0.129. The van der Waals surface area contributed by atoms with Crippen LogP contribution in [-0.2, 0) is 4.84 Å². The van der Waals surface area contributed by atoms with Crippen LogP contribution in [-0.4, -0.2) is 6.10 Å². The molecule has 0 heterocycles. The lowest BCUT2D eigenvalue weighted by Gasteiger charge is -2.10. The Bertz CT molecular complexity index is 389.